The smallest absolute Gasteiger partial charge is 0.267 e. The molecule has 0 radical (unpaired) electrons. The molecule has 0 aliphatic rings. The van der Waals surface area contributed by atoms with Gasteiger partial charge in [-0.2, -0.15) is 0 Å². The van der Waals surface area contributed by atoms with Crippen LogP contribution < -0.4 is 5.32 Å². The summed E-state index contributed by atoms with van der Waals surface area (Å²) in [7, 11) is 4.07. The molecule has 2 N–H and O–H groups in total. The molecule has 1 aromatic heterocycles. The van der Waals surface area contributed by atoms with Crippen molar-refractivity contribution in [2.45, 2.75) is 12.5 Å². The average molecular weight is 350 g/mol. The molecular weight excluding hydrogens is 330 g/mol. The van der Waals surface area contributed by atoms with E-state index in [4.69, 9.17) is 0 Å². The highest BCUT2D eigenvalue weighted by Gasteiger charge is 2.15. The van der Waals surface area contributed by atoms with Crippen LogP contribution in [0.15, 0.2) is 47.1 Å². The van der Waals surface area contributed by atoms with Crippen LogP contribution in [0.2, 0.25) is 0 Å². The lowest BCUT2D eigenvalue weighted by Crippen LogP contribution is -2.41. The van der Waals surface area contributed by atoms with E-state index in [1.807, 2.05) is 32.3 Å². The average Bonchev–Trinajstić information content (AvgIpc) is 2.90. The van der Waals surface area contributed by atoms with E-state index < -0.39 is 0 Å². The Labute approximate surface area is 133 Å². The van der Waals surface area contributed by atoms with Crippen LogP contribution >= 0.6 is 15.9 Å². The Hall–Kier alpha value is -1.59. The number of likely N-dealkylation sites (N-methyl/N-ethyl adjacent to an activating group) is 1. The lowest BCUT2D eigenvalue weighted by Gasteiger charge is -2.24. The second-order valence-electron chi connectivity index (χ2n) is 5.25. The maximum atomic E-state index is 12.1. The van der Waals surface area contributed by atoms with Gasteiger partial charge >= 0.3 is 0 Å². The molecule has 0 saturated carbocycles. The Bertz CT molecular complexity index is 580. The van der Waals surface area contributed by atoms with E-state index in [-0.39, 0.29) is 11.9 Å². The molecule has 0 aliphatic carbocycles. The van der Waals surface area contributed by atoms with E-state index in [0.29, 0.717) is 12.2 Å². The molecule has 2 aromatic rings. The maximum absolute atomic E-state index is 12.1. The van der Waals surface area contributed by atoms with Crippen molar-refractivity contribution < 1.29 is 4.79 Å². The molecule has 21 heavy (non-hydrogen) atoms. The number of carbonyl (C=O) groups excluding carboxylic acids is 1. The van der Waals surface area contributed by atoms with E-state index >= 15 is 0 Å². The van der Waals surface area contributed by atoms with Gasteiger partial charge < -0.3 is 15.2 Å². The fourth-order valence-corrected chi connectivity index (χ4v) is 2.47. The first-order valence-electron chi connectivity index (χ1n) is 6.88. The van der Waals surface area contributed by atoms with Crippen LogP contribution in [0.3, 0.4) is 0 Å². The first-order chi connectivity index (χ1) is 10.1. The SMILES string of the molecule is CN(C)C(CNC(=O)c1cc(Br)c[nH]1)Cc1ccccc1. The molecule has 0 fully saturated rings. The van der Waals surface area contributed by atoms with Crippen molar-refractivity contribution in [2.24, 2.45) is 0 Å². The molecule has 0 spiro atoms. The van der Waals surface area contributed by atoms with Crippen LogP contribution in [0.4, 0.5) is 0 Å². The van der Waals surface area contributed by atoms with Gasteiger partial charge in [0.25, 0.3) is 5.91 Å². The van der Waals surface area contributed by atoms with Crippen LogP contribution in [0.5, 0.6) is 0 Å². The van der Waals surface area contributed by atoms with Crippen LogP contribution in [0.25, 0.3) is 0 Å². The number of rotatable bonds is 6. The normalized spacial score (nSPS) is 12.4. The third-order valence-electron chi connectivity index (χ3n) is 3.44. The van der Waals surface area contributed by atoms with Crippen LogP contribution in [0.1, 0.15) is 16.1 Å². The van der Waals surface area contributed by atoms with Gasteiger partial charge in [0, 0.05) is 23.3 Å². The molecule has 1 amide bonds. The molecule has 0 bridgehead atoms. The minimum absolute atomic E-state index is 0.0828. The number of benzene rings is 1. The highest BCUT2D eigenvalue weighted by molar-refractivity contribution is 9.10. The summed E-state index contributed by atoms with van der Waals surface area (Å²) in [5, 5.41) is 2.98. The number of halogens is 1. The van der Waals surface area contributed by atoms with Gasteiger partial charge in [-0.05, 0) is 48.1 Å². The third-order valence-corrected chi connectivity index (χ3v) is 3.89. The van der Waals surface area contributed by atoms with Gasteiger partial charge in [0.2, 0.25) is 0 Å². The van der Waals surface area contributed by atoms with Gasteiger partial charge in [-0.3, -0.25) is 4.79 Å². The van der Waals surface area contributed by atoms with Gasteiger partial charge in [-0.25, -0.2) is 0 Å². The van der Waals surface area contributed by atoms with Gasteiger partial charge in [-0.1, -0.05) is 30.3 Å². The van der Waals surface area contributed by atoms with Crippen LogP contribution in [-0.4, -0.2) is 42.5 Å². The second-order valence-corrected chi connectivity index (χ2v) is 6.16. The first-order valence-corrected chi connectivity index (χ1v) is 7.68. The number of aromatic nitrogens is 1. The lowest BCUT2D eigenvalue weighted by molar-refractivity contribution is 0.0937. The minimum atomic E-state index is -0.0828. The Morgan fingerprint density at radius 2 is 2.05 bits per heavy atom. The van der Waals surface area contributed by atoms with E-state index in [0.717, 1.165) is 10.9 Å². The summed E-state index contributed by atoms with van der Waals surface area (Å²) in [6.07, 6.45) is 2.66. The van der Waals surface area contributed by atoms with Gasteiger partial charge in [0.15, 0.2) is 0 Å². The maximum Gasteiger partial charge on any atom is 0.267 e. The van der Waals surface area contributed by atoms with Crippen molar-refractivity contribution in [1.82, 2.24) is 15.2 Å². The number of nitrogens with one attached hydrogen (secondary N) is 2. The zero-order valence-corrected chi connectivity index (χ0v) is 13.9. The summed E-state index contributed by atoms with van der Waals surface area (Å²) in [6, 6.07) is 12.3. The number of H-pyrrole nitrogens is 1. The van der Waals surface area contributed by atoms with Crippen molar-refractivity contribution in [1.29, 1.82) is 0 Å². The van der Waals surface area contributed by atoms with Crippen LogP contribution in [0, 0.1) is 0 Å². The Balaban J connectivity index is 1.93. The van der Waals surface area contributed by atoms with Crippen molar-refractivity contribution in [3.05, 3.63) is 58.3 Å². The van der Waals surface area contributed by atoms with Crippen LogP contribution in [-0.2, 0) is 6.42 Å². The fraction of sp³-hybridized carbons (Fsp3) is 0.312. The quantitative estimate of drug-likeness (QED) is 0.842. The number of carbonyl (C=O) groups is 1. The Kier molecular flexibility index (Phi) is 5.59. The van der Waals surface area contributed by atoms with Crippen molar-refractivity contribution in [3.63, 3.8) is 0 Å². The topological polar surface area (TPSA) is 48.1 Å². The zero-order valence-electron chi connectivity index (χ0n) is 12.3. The molecule has 1 atom stereocenters. The van der Waals surface area contributed by atoms with Gasteiger partial charge in [0.05, 0.1) is 0 Å². The molecule has 1 heterocycles. The summed E-state index contributed by atoms with van der Waals surface area (Å²) in [6.45, 7) is 0.608. The molecule has 0 aliphatic heterocycles. The number of hydrogen-bond acceptors (Lipinski definition) is 2. The van der Waals surface area contributed by atoms with E-state index in [1.54, 1.807) is 12.3 Å². The highest BCUT2D eigenvalue weighted by atomic mass is 79.9. The standard InChI is InChI=1S/C16H20BrN3O/c1-20(2)14(8-12-6-4-3-5-7-12)11-19-16(21)15-9-13(17)10-18-15/h3-7,9-10,14,18H,8,11H2,1-2H3,(H,19,21). The predicted octanol–water partition coefficient (Wildman–Crippen LogP) is 2.68. The first kappa shape index (κ1) is 15.8. The molecular formula is C16H20BrN3O. The molecule has 2 rings (SSSR count). The highest BCUT2D eigenvalue weighted by Crippen LogP contribution is 2.11. The predicted molar refractivity (Wildman–Crippen MR) is 88.4 cm³/mol. The molecule has 5 heteroatoms. The van der Waals surface area contributed by atoms with E-state index in [9.17, 15) is 4.79 Å². The van der Waals surface area contributed by atoms with Gasteiger partial charge in [-0.15, -0.1) is 0 Å². The molecule has 0 saturated heterocycles. The van der Waals surface area contributed by atoms with Crippen molar-refractivity contribution in [2.75, 3.05) is 20.6 Å². The number of nitrogens with zero attached hydrogens (tertiary/aromatic N) is 1. The Morgan fingerprint density at radius 3 is 2.62 bits per heavy atom. The monoisotopic (exact) mass is 349 g/mol. The summed E-state index contributed by atoms with van der Waals surface area (Å²) in [4.78, 5) is 17.1. The summed E-state index contributed by atoms with van der Waals surface area (Å²) in [5.41, 5.74) is 1.84. The number of amides is 1. The summed E-state index contributed by atoms with van der Waals surface area (Å²) < 4.78 is 0.876. The third kappa shape index (κ3) is 4.72. The number of hydrogen-bond donors (Lipinski definition) is 2. The lowest BCUT2D eigenvalue weighted by atomic mass is 10.1. The van der Waals surface area contributed by atoms with Crippen molar-refractivity contribution >= 4 is 21.8 Å². The Morgan fingerprint density at radius 1 is 1.33 bits per heavy atom. The van der Waals surface area contributed by atoms with Gasteiger partial charge in [0.1, 0.15) is 5.69 Å². The fourth-order valence-electron chi connectivity index (χ4n) is 2.13. The van der Waals surface area contributed by atoms with E-state index in [1.165, 1.54) is 5.56 Å². The van der Waals surface area contributed by atoms with Crippen molar-refractivity contribution in [3.8, 4) is 0 Å². The second kappa shape index (κ2) is 7.43. The molecule has 1 aromatic carbocycles. The number of aromatic amines is 1. The molecule has 1 unspecified atom stereocenters. The molecule has 4 nitrogen and oxygen atoms in total. The largest absolute Gasteiger partial charge is 0.356 e. The minimum Gasteiger partial charge on any atom is -0.356 e. The molecule has 112 valence electrons. The zero-order chi connectivity index (χ0) is 15.2. The summed E-state index contributed by atoms with van der Waals surface area (Å²) in [5.74, 6) is -0.0828. The summed E-state index contributed by atoms with van der Waals surface area (Å²) >= 11 is 3.33. The van der Waals surface area contributed by atoms with E-state index in [2.05, 4.69) is 43.3 Å².